The molecule has 1 unspecified atom stereocenters. The van der Waals surface area contributed by atoms with Crippen LogP contribution in [0.15, 0.2) is 30.6 Å². The molecule has 1 aliphatic rings. The van der Waals surface area contributed by atoms with Gasteiger partial charge in [-0.2, -0.15) is 0 Å². The Hall–Kier alpha value is -2.94. The van der Waals surface area contributed by atoms with Crippen LogP contribution in [0, 0.1) is 10.1 Å². The van der Waals surface area contributed by atoms with Crippen molar-refractivity contribution in [1.82, 2.24) is 9.97 Å². The van der Waals surface area contributed by atoms with Gasteiger partial charge in [-0.3, -0.25) is 10.1 Å². The summed E-state index contributed by atoms with van der Waals surface area (Å²) in [6.45, 7) is 1.19. The molecule has 25 heavy (non-hydrogen) atoms. The van der Waals surface area contributed by atoms with Crippen molar-refractivity contribution >= 4 is 23.0 Å². The molecule has 2 aromatic rings. The predicted molar refractivity (Wildman–Crippen MR) is 92.4 cm³/mol. The van der Waals surface area contributed by atoms with Gasteiger partial charge in [0.15, 0.2) is 0 Å². The summed E-state index contributed by atoms with van der Waals surface area (Å²) in [5.41, 5.74) is 0.426. The first-order chi connectivity index (χ1) is 12.2. The summed E-state index contributed by atoms with van der Waals surface area (Å²) >= 11 is 0. The largest absolute Gasteiger partial charge is 0.497 e. The van der Waals surface area contributed by atoms with E-state index in [0.717, 1.165) is 19.4 Å². The molecule has 1 saturated heterocycles. The summed E-state index contributed by atoms with van der Waals surface area (Å²) in [5, 5.41) is 17.5. The van der Waals surface area contributed by atoms with E-state index in [0.29, 0.717) is 18.0 Å². The maximum Gasteiger partial charge on any atom is 0.353 e. The highest BCUT2D eigenvalue weighted by molar-refractivity contribution is 5.74. The third kappa shape index (κ3) is 4.13. The quantitative estimate of drug-likeness (QED) is 0.582. The average molecular weight is 345 g/mol. The van der Waals surface area contributed by atoms with Gasteiger partial charge < -0.3 is 20.1 Å². The van der Waals surface area contributed by atoms with Gasteiger partial charge in [0.1, 0.15) is 12.1 Å². The third-order valence-corrected chi connectivity index (χ3v) is 3.86. The molecule has 2 N–H and O–H groups in total. The van der Waals surface area contributed by atoms with Crippen LogP contribution in [-0.2, 0) is 4.74 Å². The molecule has 1 aromatic heterocycles. The van der Waals surface area contributed by atoms with Crippen LogP contribution in [0.2, 0.25) is 0 Å². The van der Waals surface area contributed by atoms with E-state index in [4.69, 9.17) is 9.47 Å². The lowest BCUT2D eigenvalue weighted by Crippen LogP contribution is -2.20. The van der Waals surface area contributed by atoms with Crippen molar-refractivity contribution in [2.24, 2.45) is 0 Å². The van der Waals surface area contributed by atoms with Gasteiger partial charge in [-0.05, 0) is 25.0 Å². The number of nitrogens with one attached hydrogen (secondary N) is 2. The van der Waals surface area contributed by atoms with Crippen LogP contribution in [0.3, 0.4) is 0 Å². The fourth-order valence-corrected chi connectivity index (χ4v) is 2.63. The zero-order valence-electron chi connectivity index (χ0n) is 13.8. The van der Waals surface area contributed by atoms with Gasteiger partial charge in [0.05, 0.1) is 18.1 Å². The fourth-order valence-electron chi connectivity index (χ4n) is 2.63. The molecule has 3 rings (SSSR count). The summed E-state index contributed by atoms with van der Waals surface area (Å²) < 4.78 is 10.7. The monoisotopic (exact) mass is 345 g/mol. The number of anilines is 3. The molecule has 1 aliphatic heterocycles. The molecule has 0 saturated carbocycles. The van der Waals surface area contributed by atoms with Gasteiger partial charge >= 0.3 is 5.69 Å². The minimum atomic E-state index is -0.500. The van der Waals surface area contributed by atoms with Gasteiger partial charge in [-0.15, -0.1) is 0 Å². The molecule has 0 radical (unpaired) electrons. The Morgan fingerprint density at radius 3 is 2.96 bits per heavy atom. The molecule has 9 nitrogen and oxygen atoms in total. The second kappa shape index (κ2) is 7.75. The maximum absolute atomic E-state index is 11.5. The number of ether oxygens (including phenoxy) is 2. The number of hydrogen-bond acceptors (Lipinski definition) is 8. The first-order valence-electron chi connectivity index (χ1n) is 7.93. The second-order valence-electron chi connectivity index (χ2n) is 5.55. The number of nitro groups is 1. The Morgan fingerprint density at radius 2 is 2.24 bits per heavy atom. The van der Waals surface area contributed by atoms with Crippen LogP contribution in [0.5, 0.6) is 5.75 Å². The summed E-state index contributed by atoms with van der Waals surface area (Å²) in [6.07, 6.45) is 3.26. The molecule has 0 aliphatic carbocycles. The summed E-state index contributed by atoms with van der Waals surface area (Å²) in [4.78, 5) is 19.1. The van der Waals surface area contributed by atoms with E-state index in [2.05, 4.69) is 20.6 Å². The minimum Gasteiger partial charge on any atom is -0.497 e. The molecule has 1 aromatic carbocycles. The Morgan fingerprint density at radius 1 is 1.40 bits per heavy atom. The fraction of sp³-hybridized carbons (Fsp3) is 0.375. The SMILES string of the molecule is COc1cccc(Nc2ncnc(NCC3CCCO3)c2[N+](=O)[O-])c1. The molecular weight excluding hydrogens is 326 g/mol. The van der Waals surface area contributed by atoms with Crippen molar-refractivity contribution < 1.29 is 14.4 Å². The van der Waals surface area contributed by atoms with Crippen LogP contribution in [0.4, 0.5) is 23.0 Å². The molecule has 0 amide bonds. The van der Waals surface area contributed by atoms with E-state index >= 15 is 0 Å². The standard InChI is InChI=1S/C16H19N5O4/c1-24-12-5-2-4-11(8-12)20-16-14(21(22)23)15(18-10-19-16)17-9-13-6-3-7-25-13/h2,4-5,8,10,13H,3,6-7,9H2,1H3,(H2,17,18,19,20). The highest BCUT2D eigenvalue weighted by atomic mass is 16.6. The number of nitrogens with zero attached hydrogens (tertiary/aromatic N) is 3. The first-order valence-corrected chi connectivity index (χ1v) is 7.93. The molecule has 2 heterocycles. The van der Waals surface area contributed by atoms with Crippen LogP contribution in [-0.4, -0.2) is 41.3 Å². The summed E-state index contributed by atoms with van der Waals surface area (Å²) in [7, 11) is 1.55. The number of methoxy groups -OCH3 is 1. The Kier molecular flexibility index (Phi) is 5.24. The number of aromatic nitrogens is 2. The van der Waals surface area contributed by atoms with E-state index < -0.39 is 4.92 Å². The lowest BCUT2D eigenvalue weighted by Gasteiger charge is -2.13. The smallest absolute Gasteiger partial charge is 0.353 e. The molecule has 0 spiro atoms. The summed E-state index contributed by atoms with van der Waals surface area (Å²) in [5.74, 6) is 0.919. The van der Waals surface area contributed by atoms with E-state index in [9.17, 15) is 10.1 Å². The molecule has 0 bridgehead atoms. The third-order valence-electron chi connectivity index (χ3n) is 3.86. The zero-order valence-corrected chi connectivity index (χ0v) is 13.8. The van der Waals surface area contributed by atoms with Crippen molar-refractivity contribution in [3.63, 3.8) is 0 Å². The maximum atomic E-state index is 11.5. The normalized spacial score (nSPS) is 16.4. The van der Waals surface area contributed by atoms with Crippen molar-refractivity contribution in [2.75, 3.05) is 30.9 Å². The van der Waals surface area contributed by atoms with Crippen molar-refractivity contribution in [2.45, 2.75) is 18.9 Å². The van der Waals surface area contributed by atoms with Crippen LogP contribution in [0.25, 0.3) is 0 Å². The molecule has 9 heteroatoms. The van der Waals surface area contributed by atoms with E-state index in [1.807, 2.05) is 0 Å². The van der Waals surface area contributed by atoms with E-state index in [1.54, 1.807) is 31.4 Å². The number of rotatable bonds is 7. The van der Waals surface area contributed by atoms with Crippen LogP contribution < -0.4 is 15.4 Å². The second-order valence-corrected chi connectivity index (χ2v) is 5.55. The van der Waals surface area contributed by atoms with Crippen molar-refractivity contribution in [1.29, 1.82) is 0 Å². The Labute approximate surface area is 144 Å². The molecule has 1 fully saturated rings. The number of hydrogen-bond donors (Lipinski definition) is 2. The first kappa shape index (κ1) is 16.9. The minimum absolute atomic E-state index is 0.0457. The Balaban J connectivity index is 1.82. The highest BCUT2D eigenvalue weighted by Crippen LogP contribution is 2.32. The van der Waals surface area contributed by atoms with Crippen LogP contribution in [0.1, 0.15) is 12.8 Å². The van der Waals surface area contributed by atoms with Crippen LogP contribution >= 0.6 is 0 Å². The lowest BCUT2D eigenvalue weighted by atomic mass is 10.2. The molecule has 1 atom stereocenters. The Bertz CT molecular complexity index is 749. The molecular formula is C16H19N5O4. The van der Waals surface area contributed by atoms with E-state index in [1.165, 1.54) is 6.33 Å². The average Bonchev–Trinajstić information content (AvgIpc) is 3.13. The predicted octanol–water partition coefficient (Wildman–Crippen LogP) is 2.73. The summed E-state index contributed by atoms with van der Waals surface area (Å²) in [6, 6.07) is 7.07. The van der Waals surface area contributed by atoms with E-state index in [-0.39, 0.29) is 23.4 Å². The van der Waals surface area contributed by atoms with Crippen molar-refractivity contribution in [3.8, 4) is 5.75 Å². The topological polar surface area (TPSA) is 111 Å². The van der Waals surface area contributed by atoms with Gasteiger partial charge in [0.2, 0.25) is 11.6 Å². The van der Waals surface area contributed by atoms with Gasteiger partial charge in [0.25, 0.3) is 0 Å². The van der Waals surface area contributed by atoms with Crippen molar-refractivity contribution in [3.05, 3.63) is 40.7 Å². The molecule has 132 valence electrons. The van der Waals surface area contributed by atoms with Gasteiger partial charge in [0, 0.05) is 24.9 Å². The lowest BCUT2D eigenvalue weighted by molar-refractivity contribution is -0.383. The highest BCUT2D eigenvalue weighted by Gasteiger charge is 2.24. The van der Waals surface area contributed by atoms with Gasteiger partial charge in [-0.1, -0.05) is 6.07 Å². The van der Waals surface area contributed by atoms with Gasteiger partial charge in [-0.25, -0.2) is 9.97 Å². The number of benzene rings is 1. The zero-order chi connectivity index (χ0) is 17.6.